The average molecular weight is 591 g/mol. The molecule has 0 radical (unpaired) electrons. The molecule has 0 amide bonds. The molecule has 3 aromatic heterocycles. The van der Waals surface area contributed by atoms with Gasteiger partial charge in [-0.3, -0.25) is 0 Å². The van der Waals surface area contributed by atoms with E-state index in [9.17, 15) is 0 Å². The Hall–Kier alpha value is -5.64. The highest BCUT2D eigenvalue weighted by atomic mass is 32.1. The third kappa shape index (κ3) is 3.62. The van der Waals surface area contributed by atoms with Gasteiger partial charge in [0.2, 0.25) is 0 Å². The van der Waals surface area contributed by atoms with Crippen LogP contribution in [0.25, 0.3) is 86.3 Å². The number of thiophene rings is 1. The average Bonchev–Trinajstić information content (AvgIpc) is 3.75. The van der Waals surface area contributed by atoms with E-state index in [0.717, 1.165) is 0 Å². The summed E-state index contributed by atoms with van der Waals surface area (Å²) in [7, 11) is 0. The van der Waals surface area contributed by atoms with Crippen molar-refractivity contribution in [3.8, 4) is 22.5 Å². The highest BCUT2D eigenvalue weighted by molar-refractivity contribution is 7.25. The number of benzene rings is 7. The van der Waals surface area contributed by atoms with Crippen molar-refractivity contribution in [2.24, 2.45) is 0 Å². The van der Waals surface area contributed by atoms with Gasteiger partial charge in [0.25, 0.3) is 0 Å². The summed E-state index contributed by atoms with van der Waals surface area (Å²) in [6.45, 7) is 0. The zero-order valence-corrected chi connectivity index (χ0v) is 25.1. The fourth-order valence-electron chi connectivity index (χ4n) is 7.29. The molecule has 10 aromatic rings. The fraction of sp³-hybridized carbons (Fsp3) is 0. The molecule has 45 heavy (non-hydrogen) atoms. The first kappa shape index (κ1) is 24.8. The summed E-state index contributed by atoms with van der Waals surface area (Å²) >= 11 is 1.88. The van der Waals surface area contributed by atoms with Gasteiger partial charge >= 0.3 is 0 Å². The van der Waals surface area contributed by atoms with Gasteiger partial charge in [-0.25, -0.2) is 0 Å². The van der Waals surface area contributed by atoms with E-state index in [1.165, 1.54) is 86.3 Å². The molecule has 0 fully saturated rings. The molecule has 0 saturated heterocycles. The topological polar surface area (TPSA) is 9.86 Å². The Balaban J connectivity index is 1.12. The monoisotopic (exact) mass is 590 g/mol. The van der Waals surface area contributed by atoms with Crippen LogP contribution in [0.5, 0.6) is 0 Å². The Morgan fingerprint density at radius 2 is 0.889 bits per heavy atom. The standard InChI is InChI=1S/C42H26N2S/c1-5-16-37-31(12-1)32-13-2-6-17-38(32)43(37)29-22-20-27(21-23-29)28-10-9-11-30(24-28)44-39-18-7-3-14-33(39)35-25-36-34-15-4-8-19-41(34)45-42(36)26-40(35)44/h1-26H. The summed E-state index contributed by atoms with van der Waals surface area (Å²) in [6, 6.07) is 57.7. The third-order valence-electron chi connectivity index (χ3n) is 9.31. The molecule has 0 aliphatic carbocycles. The van der Waals surface area contributed by atoms with Crippen molar-refractivity contribution in [3.05, 3.63) is 158 Å². The number of hydrogen-bond donors (Lipinski definition) is 0. The minimum atomic E-state index is 1.17. The molecule has 3 heteroatoms. The van der Waals surface area contributed by atoms with Crippen molar-refractivity contribution in [2.45, 2.75) is 0 Å². The van der Waals surface area contributed by atoms with Gasteiger partial charge < -0.3 is 9.13 Å². The quantitative estimate of drug-likeness (QED) is 0.194. The van der Waals surface area contributed by atoms with Gasteiger partial charge in [0.05, 0.1) is 22.1 Å². The van der Waals surface area contributed by atoms with Crippen molar-refractivity contribution >= 4 is 75.1 Å². The predicted molar refractivity (Wildman–Crippen MR) is 193 cm³/mol. The number of nitrogens with zero attached hydrogens (tertiary/aromatic N) is 2. The lowest BCUT2D eigenvalue weighted by molar-refractivity contribution is 1.18. The minimum absolute atomic E-state index is 1.17. The fourth-order valence-corrected chi connectivity index (χ4v) is 8.41. The van der Waals surface area contributed by atoms with E-state index in [2.05, 4.69) is 167 Å². The largest absolute Gasteiger partial charge is 0.309 e. The first-order valence-corrected chi connectivity index (χ1v) is 16.2. The second-order valence-electron chi connectivity index (χ2n) is 11.8. The van der Waals surface area contributed by atoms with Gasteiger partial charge in [0.1, 0.15) is 0 Å². The molecule has 0 saturated carbocycles. The zero-order chi connectivity index (χ0) is 29.5. The van der Waals surface area contributed by atoms with Gasteiger partial charge in [-0.05, 0) is 71.8 Å². The molecule has 0 aliphatic rings. The first-order valence-electron chi connectivity index (χ1n) is 15.4. The van der Waals surface area contributed by atoms with Crippen LogP contribution in [-0.2, 0) is 0 Å². The summed E-state index contributed by atoms with van der Waals surface area (Å²) in [5.74, 6) is 0. The van der Waals surface area contributed by atoms with Gasteiger partial charge in [0.15, 0.2) is 0 Å². The molecular formula is C42H26N2S. The van der Waals surface area contributed by atoms with Crippen LogP contribution in [0.2, 0.25) is 0 Å². The molecular weight excluding hydrogens is 565 g/mol. The van der Waals surface area contributed by atoms with Crippen molar-refractivity contribution in [2.75, 3.05) is 0 Å². The van der Waals surface area contributed by atoms with E-state index in [0.29, 0.717) is 0 Å². The lowest BCUT2D eigenvalue weighted by atomic mass is 10.0. The smallest absolute Gasteiger partial charge is 0.0555 e. The second-order valence-corrected chi connectivity index (χ2v) is 12.9. The summed E-state index contributed by atoms with van der Waals surface area (Å²) in [5.41, 5.74) is 9.68. The maximum absolute atomic E-state index is 2.43. The van der Waals surface area contributed by atoms with Crippen molar-refractivity contribution in [1.29, 1.82) is 0 Å². The molecule has 0 atom stereocenters. The molecule has 0 bridgehead atoms. The Labute approximate surface area is 263 Å². The van der Waals surface area contributed by atoms with E-state index in [1.807, 2.05) is 11.3 Å². The Kier molecular flexibility index (Phi) is 5.19. The zero-order valence-electron chi connectivity index (χ0n) is 24.3. The van der Waals surface area contributed by atoms with Crippen LogP contribution >= 0.6 is 11.3 Å². The normalized spacial score (nSPS) is 12.0. The number of hydrogen-bond acceptors (Lipinski definition) is 1. The maximum Gasteiger partial charge on any atom is 0.0555 e. The molecule has 0 unspecified atom stereocenters. The lowest BCUT2D eigenvalue weighted by Gasteiger charge is -2.12. The van der Waals surface area contributed by atoms with E-state index < -0.39 is 0 Å². The van der Waals surface area contributed by atoms with Crippen LogP contribution in [0.4, 0.5) is 0 Å². The number of para-hydroxylation sites is 3. The summed E-state index contributed by atoms with van der Waals surface area (Å²) in [6.07, 6.45) is 0. The van der Waals surface area contributed by atoms with Crippen LogP contribution < -0.4 is 0 Å². The number of rotatable bonds is 3. The third-order valence-corrected chi connectivity index (χ3v) is 10.4. The molecule has 0 aliphatic heterocycles. The Morgan fingerprint density at radius 1 is 0.311 bits per heavy atom. The Morgan fingerprint density at radius 3 is 1.58 bits per heavy atom. The van der Waals surface area contributed by atoms with Crippen molar-refractivity contribution < 1.29 is 0 Å². The molecule has 0 N–H and O–H groups in total. The van der Waals surface area contributed by atoms with Gasteiger partial charge in [0, 0.05) is 53.1 Å². The maximum atomic E-state index is 2.43. The summed E-state index contributed by atoms with van der Waals surface area (Å²) in [5, 5.41) is 7.81. The van der Waals surface area contributed by atoms with Gasteiger partial charge in [-0.2, -0.15) is 0 Å². The first-order chi connectivity index (χ1) is 22.3. The molecule has 10 rings (SSSR count). The van der Waals surface area contributed by atoms with Crippen LogP contribution in [0.15, 0.2) is 158 Å². The van der Waals surface area contributed by atoms with Crippen LogP contribution in [0.1, 0.15) is 0 Å². The lowest BCUT2D eigenvalue weighted by Crippen LogP contribution is -1.95. The van der Waals surface area contributed by atoms with Crippen LogP contribution in [0.3, 0.4) is 0 Å². The predicted octanol–water partition coefficient (Wildman–Crippen LogP) is 11.9. The van der Waals surface area contributed by atoms with E-state index >= 15 is 0 Å². The van der Waals surface area contributed by atoms with Crippen molar-refractivity contribution in [3.63, 3.8) is 0 Å². The molecule has 210 valence electrons. The minimum Gasteiger partial charge on any atom is -0.309 e. The van der Waals surface area contributed by atoms with Crippen LogP contribution in [-0.4, -0.2) is 9.13 Å². The molecule has 0 spiro atoms. The van der Waals surface area contributed by atoms with E-state index in [4.69, 9.17) is 0 Å². The van der Waals surface area contributed by atoms with Crippen LogP contribution in [0, 0.1) is 0 Å². The Bertz CT molecular complexity index is 2700. The number of fused-ring (bicyclic) bond motifs is 9. The highest BCUT2D eigenvalue weighted by Gasteiger charge is 2.16. The van der Waals surface area contributed by atoms with E-state index in [1.54, 1.807) is 0 Å². The second kappa shape index (κ2) is 9.43. The molecule has 2 nitrogen and oxygen atoms in total. The molecule has 3 heterocycles. The van der Waals surface area contributed by atoms with E-state index in [-0.39, 0.29) is 0 Å². The SMILES string of the molecule is c1cc(-c2ccc(-n3c4ccccc4c4ccccc43)cc2)cc(-n2c3ccccc3c3cc4c(cc32)sc2ccccc24)c1. The number of aromatic nitrogens is 2. The summed E-state index contributed by atoms with van der Waals surface area (Å²) < 4.78 is 7.47. The van der Waals surface area contributed by atoms with Crippen molar-refractivity contribution in [1.82, 2.24) is 9.13 Å². The summed E-state index contributed by atoms with van der Waals surface area (Å²) in [4.78, 5) is 0. The van der Waals surface area contributed by atoms with Gasteiger partial charge in [-0.1, -0.05) is 97.1 Å². The van der Waals surface area contributed by atoms with Gasteiger partial charge in [-0.15, -0.1) is 11.3 Å². The highest BCUT2D eigenvalue weighted by Crippen LogP contribution is 2.41. The molecule has 7 aromatic carbocycles.